The van der Waals surface area contributed by atoms with Gasteiger partial charge in [-0.05, 0) is 24.6 Å². The molecule has 0 aliphatic carbocycles. The molecule has 0 aliphatic heterocycles. The SMILES string of the molecule is CC(=O)NCCNC(=O)CCCOc1ccc(Cl)cc1Cl. The van der Waals surface area contributed by atoms with Crippen molar-refractivity contribution in [1.29, 1.82) is 0 Å². The molecule has 0 spiro atoms. The minimum Gasteiger partial charge on any atom is -0.492 e. The second-order valence-corrected chi connectivity index (χ2v) is 5.20. The van der Waals surface area contributed by atoms with E-state index >= 15 is 0 Å². The van der Waals surface area contributed by atoms with Crippen LogP contribution >= 0.6 is 23.2 Å². The zero-order valence-electron chi connectivity index (χ0n) is 11.7. The Hall–Kier alpha value is -1.46. The van der Waals surface area contributed by atoms with E-state index in [0.29, 0.717) is 48.3 Å². The Bertz CT molecular complexity index is 495. The smallest absolute Gasteiger partial charge is 0.220 e. The summed E-state index contributed by atoms with van der Waals surface area (Å²) in [7, 11) is 0. The van der Waals surface area contributed by atoms with Crippen molar-refractivity contribution in [3.63, 3.8) is 0 Å². The second kappa shape index (κ2) is 9.47. The standard InChI is InChI=1S/C14H18Cl2N2O3/c1-10(19)17-6-7-18-14(20)3-2-8-21-13-5-4-11(15)9-12(13)16/h4-5,9H,2-3,6-8H2,1H3,(H,17,19)(H,18,20). The fourth-order valence-corrected chi connectivity index (χ4v) is 2.00. The van der Waals surface area contributed by atoms with E-state index in [2.05, 4.69) is 10.6 Å². The van der Waals surface area contributed by atoms with E-state index in [1.165, 1.54) is 6.92 Å². The first kappa shape index (κ1) is 17.6. The van der Waals surface area contributed by atoms with Crippen LogP contribution in [0.25, 0.3) is 0 Å². The molecule has 2 N–H and O–H groups in total. The van der Waals surface area contributed by atoms with Crippen LogP contribution in [0.5, 0.6) is 5.75 Å². The van der Waals surface area contributed by atoms with Gasteiger partial charge in [-0.15, -0.1) is 0 Å². The molecule has 0 saturated heterocycles. The number of benzene rings is 1. The molecule has 0 radical (unpaired) electrons. The van der Waals surface area contributed by atoms with Crippen LogP contribution in [-0.4, -0.2) is 31.5 Å². The summed E-state index contributed by atoms with van der Waals surface area (Å²) in [4.78, 5) is 22.1. The van der Waals surface area contributed by atoms with E-state index in [1.54, 1.807) is 18.2 Å². The number of ether oxygens (including phenoxy) is 1. The summed E-state index contributed by atoms with van der Waals surface area (Å²) in [5, 5.41) is 6.29. The molecule has 2 amide bonds. The minimum atomic E-state index is -0.113. The van der Waals surface area contributed by atoms with Gasteiger partial charge in [0, 0.05) is 31.5 Å². The molecule has 1 rings (SSSR count). The molecule has 0 aliphatic rings. The predicted molar refractivity (Wildman–Crippen MR) is 82.9 cm³/mol. The molecular formula is C14H18Cl2N2O3. The van der Waals surface area contributed by atoms with E-state index in [1.807, 2.05) is 0 Å². The van der Waals surface area contributed by atoms with E-state index in [0.717, 1.165) is 0 Å². The first-order valence-corrected chi connectivity index (χ1v) is 7.33. The molecule has 1 aromatic rings. The van der Waals surface area contributed by atoms with Gasteiger partial charge in [0.2, 0.25) is 11.8 Å². The van der Waals surface area contributed by atoms with Gasteiger partial charge in [0.1, 0.15) is 5.75 Å². The van der Waals surface area contributed by atoms with Crippen LogP contribution in [0, 0.1) is 0 Å². The van der Waals surface area contributed by atoms with E-state index in [9.17, 15) is 9.59 Å². The topological polar surface area (TPSA) is 67.4 Å². The Balaban J connectivity index is 2.13. The predicted octanol–water partition coefficient (Wildman–Crippen LogP) is 2.40. The van der Waals surface area contributed by atoms with E-state index in [-0.39, 0.29) is 11.8 Å². The highest BCUT2D eigenvalue weighted by Gasteiger charge is 2.04. The number of nitrogens with one attached hydrogen (secondary N) is 2. The number of amides is 2. The number of halogens is 2. The minimum absolute atomic E-state index is 0.0776. The highest BCUT2D eigenvalue weighted by molar-refractivity contribution is 6.35. The average Bonchev–Trinajstić information content (AvgIpc) is 2.41. The van der Waals surface area contributed by atoms with Crippen LogP contribution in [0.3, 0.4) is 0 Å². The van der Waals surface area contributed by atoms with Crippen molar-refractivity contribution >= 4 is 35.0 Å². The van der Waals surface area contributed by atoms with E-state index < -0.39 is 0 Å². The van der Waals surface area contributed by atoms with Gasteiger partial charge in [0.25, 0.3) is 0 Å². The zero-order chi connectivity index (χ0) is 15.7. The van der Waals surface area contributed by atoms with Gasteiger partial charge < -0.3 is 15.4 Å². The fraction of sp³-hybridized carbons (Fsp3) is 0.429. The fourth-order valence-electron chi connectivity index (χ4n) is 1.54. The molecule has 116 valence electrons. The monoisotopic (exact) mass is 332 g/mol. The second-order valence-electron chi connectivity index (χ2n) is 4.36. The van der Waals surface area contributed by atoms with Crippen LogP contribution < -0.4 is 15.4 Å². The summed E-state index contributed by atoms with van der Waals surface area (Å²) in [6, 6.07) is 4.99. The lowest BCUT2D eigenvalue weighted by atomic mass is 10.3. The number of hydrogen-bond donors (Lipinski definition) is 2. The van der Waals surface area contributed by atoms with Crippen molar-refractivity contribution < 1.29 is 14.3 Å². The molecule has 0 aromatic heterocycles. The van der Waals surface area contributed by atoms with E-state index in [4.69, 9.17) is 27.9 Å². The molecule has 5 nitrogen and oxygen atoms in total. The quantitative estimate of drug-likeness (QED) is 0.718. The third-order valence-corrected chi connectivity index (χ3v) is 3.05. The Morgan fingerprint density at radius 3 is 2.57 bits per heavy atom. The van der Waals surface area contributed by atoms with Crippen LogP contribution in [0.4, 0.5) is 0 Å². The number of rotatable bonds is 8. The largest absolute Gasteiger partial charge is 0.492 e. The van der Waals surface area contributed by atoms with Gasteiger partial charge in [0.15, 0.2) is 0 Å². The summed E-state index contributed by atoms with van der Waals surface area (Å²) in [6.45, 7) is 2.67. The van der Waals surface area contributed by atoms with Gasteiger partial charge in [-0.1, -0.05) is 23.2 Å². The molecule has 0 bridgehead atoms. The Morgan fingerprint density at radius 2 is 1.90 bits per heavy atom. The summed E-state index contributed by atoms with van der Waals surface area (Å²) < 4.78 is 5.47. The van der Waals surface area contributed by atoms with Crippen LogP contribution in [0.15, 0.2) is 18.2 Å². The molecule has 0 heterocycles. The summed E-state index contributed by atoms with van der Waals surface area (Å²) in [5.74, 6) is 0.357. The van der Waals surface area contributed by atoms with Crippen molar-refractivity contribution in [3.05, 3.63) is 28.2 Å². The third-order valence-electron chi connectivity index (χ3n) is 2.52. The maximum atomic E-state index is 11.5. The number of carbonyl (C=O) groups is 2. The molecule has 21 heavy (non-hydrogen) atoms. The molecule has 1 aromatic carbocycles. The lowest BCUT2D eigenvalue weighted by Gasteiger charge is -2.08. The van der Waals surface area contributed by atoms with Crippen LogP contribution in [0.2, 0.25) is 10.0 Å². The van der Waals surface area contributed by atoms with Gasteiger partial charge in [-0.2, -0.15) is 0 Å². The molecule has 0 saturated carbocycles. The van der Waals surface area contributed by atoms with Crippen molar-refractivity contribution in [2.24, 2.45) is 0 Å². The Morgan fingerprint density at radius 1 is 1.19 bits per heavy atom. The molecule has 7 heteroatoms. The van der Waals surface area contributed by atoms with Crippen LogP contribution in [-0.2, 0) is 9.59 Å². The zero-order valence-corrected chi connectivity index (χ0v) is 13.3. The summed E-state index contributed by atoms with van der Waals surface area (Å²) in [6.07, 6.45) is 0.927. The van der Waals surface area contributed by atoms with Crippen LogP contribution in [0.1, 0.15) is 19.8 Å². The lowest BCUT2D eigenvalue weighted by Crippen LogP contribution is -2.33. The van der Waals surface area contributed by atoms with Gasteiger partial charge in [-0.3, -0.25) is 9.59 Å². The highest BCUT2D eigenvalue weighted by Crippen LogP contribution is 2.27. The van der Waals surface area contributed by atoms with Crippen molar-refractivity contribution in [2.75, 3.05) is 19.7 Å². The number of hydrogen-bond acceptors (Lipinski definition) is 3. The first-order valence-electron chi connectivity index (χ1n) is 6.58. The molecule has 0 fully saturated rings. The first-order chi connectivity index (χ1) is 9.99. The maximum Gasteiger partial charge on any atom is 0.220 e. The lowest BCUT2D eigenvalue weighted by molar-refractivity contribution is -0.122. The molecule has 0 atom stereocenters. The van der Waals surface area contributed by atoms with Crippen molar-refractivity contribution in [3.8, 4) is 5.75 Å². The molecule has 0 unspecified atom stereocenters. The maximum absolute atomic E-state index is 11.5. The summed E-state index contributed by atoms with van der Waals surface area (Å²) in [5.41, 5.74) is 0. The Labute approximate surface area is 133 Å². The van der Waals surface area contributed by atoms with Gasteiger partial charge in [0.05, 0.1) is 11.6 Å². The van der Waals surface area contributed by atoms with Crippen molar-refractivity contribution in [1.82, 2.24) is 10.6 Å². The Kier molecular flexibility index (Phi) is 7.93. The third kappa shape index (κ3) is 7.78. The van der Waals surface area contributed by atoms with Gasteiger partial charge >= 0.3 is 0 Å². The summed E-state index contributed by atoms with van der Waals surface area (Å²) >= 11 is 11.7. The average molecular weight is 333 g/mol. The normalized spacial score (nSPS) is 10.0. The number of carbonyl (C=O) groups excluding carboxylic acids is 2. The van der Waals surface area contributed by atoms with Gasteiger partial charge in [-0.25, -0.2) is 0 Å². The highest BCUT2D eigenvalue weighted by atomic mass is 35.5. The van der Waals surface area contributed by atoms with Crippen molar-refractivity contribution in [2.45, 2.75) is 19.8 Å². The molecular weight excluding hydrogens is 315 g/mol.